The van der Waals surface area contributed by atoms with Gasteiger partial charge >= 0.3 is 5.97 Å². The summed E-state index contributed by atoms with van der Waals surface area (Å²) in [6, 6.07) is 8.36. The molecule has 0 saturated carbocycles. The summed E-state index contributed by atoms with van der Waals surface area (Å²) in [7, 11) is 0. The van der Waals surface area contributed by atoms with E-state index in [2.05, 4.69) is 0 Å². The smallest absolute Gasteiger partial charge is 0.308 e. The minimum Gasteiger partial charge on any atom is -0.486 e. The molecule has 2 aromatic carbocycles. The lowest BCUT2D eigenvalue weighted by molar-refractivity contribution is -0.385. The Kier molecular flexibility index (Phi) is 5.54. The van der Waals surface area contributed by atoms with E-state index in [-0.39, 0.29) is 29.7 Å². The Bertz CT molecular complexity index is 1160. The number of nitrogens with zero attached hydrogens (tertiary/aromatic N) is 2. The first-order valence-corrected chi connectivity index (χ1v) is 9.59. The van der Waals surface area contributed by atoms with Gasteiger partial charge in [0.05, 0.1) is 16.9 Å². The Labute approximate surface area is 180 Å². The van der Waals surface area contributed by atoms with Crippen LogP contribution in [0.4, 0.5) is 5.69 Å². The van der Waals surface area contributed by atoms with Crippen LogP contribution in [0.5, 0.6) is 11.5 Å². The van der Waals surface area contributed by atoms with Crippen molar-refractivity contribution in [2.24, 2.45) is 0 Å². The van der Waals surface area contributed by atoms with Gasteiger partial charge in [0.25, 0.3) is 17.5 Å². The monoisotopic (exact) mass is 440 g/mol. The second-order valence-corrected chi connectivity index (χ2v) is 6.91. The summed E-state index contributed by atoms with van der Waals surface area (Å²) in [5, 5.41) is 11.1. The van der Waals surface area contributed by atoms with Crippen LogP contribution >= 0.6 is 0 Å². The number of hydrogen-bond donors (Lipinski definition) is 0. The van der Waals surface area contributed by atoms with Crippen molar-refractivity contribution in [3.05, 3.63) is 63.2 Å². The summed E-state index contributed by atoms with van der Waals surface area (Å²) in [5.41, 5.74) is -0.596. The number of rotatable bonds is 7. The molecule has 2 heterocycles. The average Bonchev–Trinajstić information content (AvgIpc) is 3.05. The van der Waals surface area contributed by atoms with E-state index in [9.17, 15) is 29.3 Å². The van der Waals surface area contributed by atoms with Gasteiger partial charge in [0.15, 0.2) is 23.9 Å². The molecular formula is C21H16N2O9. The van der Waals surface area contributed by atoms with Crippen LogP contribution in [0.1, 0.15) is 37.5 Å². The van der Waals surface area contributed by atoms with Crippen LogP contribution in [0.15, 0.2) is 36.4 Å². The van der Waals surface area contributed by atoms with Crippen molar-refractivity contribution >= 4 is 29.3 Å². The number of nitro groups is 1. The molecule has 0 bridgehead atoms. The first kappa shape index (κ1) is 21.0. The zero-order chi connectivity index (χ0) is 22.8. The molecule has 11 heteroatoms. The largest absolute Gasteiger partial charge is 0.486 e. The average molecular weight is 440 g/mol. The molecule has 0 fully saturated rings. The molecule has 2 aromatic rings. The third-order valence-corrected chi connectivity index (χ3v) is 4.94. The van der Waals surface area contributed by atoms with E-state index in [1.165, 1.54) is 24.3 Å². The number of fused-ring (bicyclic) bond motifs is 2. The molecule has 2 amide bonds. The van der Waals surface area contributed by atoms with E-state index in [4.69, 9.17) is 14.2 Å². The maximum atomic E-state index is 12.5. The lowest BCUT2D eigenvalue weighted by Gasteiger charge is -2.18. The lowest BCUT2D eigenvalue weighted by Crippen LogP contribution is -2.32. The van der Waals surface area contributed by atoms with E-state index < -0.39 is 40.8 Å². The molecule has 32 heavy (non-hydrogen) atoms. The number of amides is 2. The van der Waals surface area contributed by atoms with Crippen LogP contribution in [0.25, 0.3) is 0 Å². The molecule has 0 saturated heterocycles. The van der Waals surface area contributed by atoms with Gasteiger partial charge in [-0.15, -0.1) is 0 Å². The number of imide groups is 1. The fourth-order valence-corrected chi connectivity index (χ4v) is 3.39. The molecule has 0 radical (unpaired) electrons. The second kappa shape index (κ2) is 8.46. The Morgan fingerprint density at radius 2 is 1.81 bits per heavy atom. The van der Waals surface area contributed by atoms with Crippen LogP contribution in [0.2, 0.25) is 0 Å². The maximum absolute atomic E-state index is 12.5. The number of benzene rings is 2. The van der Waals surface area contributed by atoms with Crippen molar-refractivity contribution in [3.8, 4) is 11.5 Å². The highest BCUT2D eigenvalue weighted by Gasteiger charge is 2.40. The molecular weight excluding hydrogens is 424 g/mol. The van der Waals surface area contributed by atoms with Gasteiger partial charge in [0.2, 0.25) is 0 Å². The molecule has 0 unspecified atom stereocenters. The van der Waals surface area contributed by atoms with Gasteiger partial charge in [-0.3, -0.25) is 34.2 Å². The first-order chi connectivity index (χ1) is 15.4. The molecule has 2 aliphatic rings. The van der Waals surface area contributed by atoms with Crippen molar-refractivity contribution < 1.29 is 38.3 Å². The number of hydrogen-bond acceptors (Lipinski definition) is 9. The quantitative estimate of drug-likeness (QED) is 0.207. The fourth-order valence-electron chi connectivity index (χ4n) is 3.39. The molecule has 0 spiro atoms. The SMILES string of the molecule is O=C(CCN1C(=O)c2cccc([N+](=O)[O-])c2C1=O)OCC(=O)c1ccc2c(c1)OCCO2. The van der Waals surface area contributed by atoms with Crippen molar-refractivity contribution in [3.63, 3.8) is 0 Å². The van der Waals surface area contributed by atoms with Crippen LogP contribution < -0.4 is 9.47 Å². The van der Waals surface area contributed by atoms with E-state index in [1.54, 1.807) is 6.07 Å². The predicted octanol–water partition coefficient (Wildman–Crippen LogP) is 1.78. The Hall–Kier alpha value is -4.28. The molecule has 0 N–H and O–H groups in total. The number of ketones is 1. The standard InChI is InChI=1S/C21H16N2O9/c24-15(12-4-5-16-17(10-12)31-9-8-30-16)11-32-18(25)6-7-22-20(26)13-2-1-3-14(23(28)29)19(13)21(22)27/h1-5,10H,6-9,11H2. The number of carbonyl (C=O) groups is 4. The molecule has 2 aliphatic heterocycles. The highest BCUT2D eigenvalue weighted by molar-refractivity contribution is 6.23. The maximum Gasteiger partial charge on any atom is 0.308 e. The van der Waals surface area contributed by atoms with E-state index in [0.29, 0.717) is 24.7 Å². The molecule has 0 aromatic heterocycles. The summed E-state index contributed by atoms with van der Waals surface area (Å²) < 4.78 is 15.7. The van der Waals surface area contributed by atoms with Gasteiger partial charge in [-0.1, -0.05) is 6.07 Å². The van der Waals surface area contributed by atoms with Gasteiger partial charge in [-0.25, -0.2) is 0 Å². The second-order valence-electron chi connectivity index (χ2n) is 6.91. The van der Waals surface area contributed by atoms with Crippen LogP contribution in [-0.2, 0) is 9.53 Å². The Balaban J connectivity index is 1.33. The Morgan fingerprint density at radius 3 is 2.56 bits per heavy atom. The van der Waals surface area contributed by atoms with Crippen molar-refractivity contribution in [1.82, 2.24) is 4.90 Å². The topological polar surface area (TPSA) is 142 Å². The predicted molar refractivity (Wildman–Crippen MR) is 106 cm³/mol. The number of carbonyl (C=O) groups excluding carboxylic acids is 4. The van der Waals surface area contributed by atoms with Gasteiger partial charge in [0, 0.05) is 18.2 Å². The molecule has 164 valence electrons. The summed E-state index contributed by atoms with van der Waals surface area (Å²) in [5.74, 6) is -1.90. The van der Waals surface area contributed by atoms with Crippen LogP contribution in [-0.4, -0.2) is 59.8 Å². The molecule has 11 nitrogen and oxygen atoms in total. The fraction of sp³-hybridized carbons (Fsp3) is 0.238. The van der Waals surface area contributed by atoms with E-state index >= 15 is 0 Å². The molecule has 0 atom stereocenters. The summed E-state index contributed by atoms with van der Waals surface area (Å²) in [6.07, 6.45) is -0.367. The van der Waals surface area contributed by atoms with Crippen LogP contribution in [0, 0.1) is 10.1 Å². The summed E-state index contributed by atoms with van der Waals surface area (Å²) in [6.45, 7) is -0.0917. The lowest BCUT2D eigenvalue weighted by atomic mass is 10.1. The van der Waals surface area contributed by atoms with Gasteiger partial charge in [-0.05, 0) is 24.3 Å². The highest BCUT2D eigenvalue weighted by atomic mass is 16.6. The van der Waals surface area contributed by atoms with E-state index in [1.807, 2.05) is 0 Å². The third-order valence-electron chi connectivity index (χ3n) is 4.94. The summed E-state index contributed by atoms with van der Waals surface area (Å²) >= 11 is 0. The minimum absolute atomic E-state index is 0.0913. The number of esters is 1. The van der Waals surface area contributed by atoms with Gasteiger partial charge in [-0.2, -0.15) is 0 Å². The van der Waals surface area contributed by atoms with Crippen molar-refractivity contribution in [1.29, 1.82) is 0 Å². The highest BCUT2D eigenvalue weighted by Crippen LogP contribution is 2.32. The number of nitro benzene ring substituents is 1. The normalized spacial score (nSPS) is 14.2. The molecule has 4 rings (SSSR count). The zero-order valence-corrected chi connectivity index (χ0v) is 16.6. The van der Waals surface area contributed by atoms with Gasteiger partial charge in [0.1, 0.15) is 18.8 Å². The third kappa shape index (κ3) is 3.87. The van der Waals surface area contributed by atoms with Crippen LogP contribution in [0.3, 0.4) is 0 Å². The van der Waals surface area contributed by atoms with E-state index in [0.717, 1.165) is 11.0 Å². The number of Topliss-reactive ketones (excluding diaryl/α,β-unsaturated/α-hetero) is 1. The summed E-state index contributed by atoms with van der Waals surface area (Å²) in [4.78, 5) is 60.4. The number of ether oxygens (including phenoxy) is 3. The van der Waals surface area contributed by atoms with Crippen molar-refractivity contribution in [2.45, 2.75) is 6.42 Å². The van der Waals surface area contributed by atoms with Gasteiger partial charge < -0.3 is 14.2 Å². The Morgan fingerprint density at radius 1 is 1.06 bits per heavy atom. The minimum atomic E-state index is -0.850. The van der Waals surface area contributed by atoms with Crippen molar-refractivity contribution in [2.75, 3.05) is 26.4 Å². The molecule has 0 aliphatic carbocycles. The zero-order valence-electron chi connectivity index (χ0n) is 16.6. The first-order valence-electron chi connectivity index (χ1n) is 9.59.